The molecule has 1 unspecified atom stereocenters. The van der Waals surface area contributed by atoms with Crippen molar-refractivity contribution in [3.05, 3.63) is 35.1 Å². The summed E-state index contributed by atoms with van der Waals surface area (Å²) in [5.74, 6) is -2.38. The number of fused-ring (bicyclic) bond motifs is 3. The highest BCUT2D eigenvalue weighted by Gasteiger charge is 2.51. The summed E-state index contributed by atoms with van der Waals surface area (Å²) < 4.78 is 59.4. The summed E-state index contributed by atoms with van der Waals surface area (Å²) in [6.07, 6.45) is -4.80. The Balaban J connectivity index is 1.70. The molecule has 5 N–H and O–H groups in total. The predicted molar refractivity (Wildman–Crippen MR) is 129 cm³/mol. The Morgan fingerprint density at radius 2 is 1.95 bits per heavy atom. The number of alkyl halides is 2. The van der Waals surface area contributed by atoms with E-state index in [0.717, 1.165) is 0 Å². The zero-order valence-electron chi connectivity index (χ0n) is 21.1. The van der Waals surface area contributed by atoms with E-state index in [-0.39, 0.29) is 54.0 Å². The molecular formula is C26H29F3N2O7. The number of ether oxygens (including phenoxy) is 3. The van der Waals surface area contributed by atoms with Crippen molar-refractivity contribution in [2.24, 2.45) is 11.1 Å². The SMILES string of the molecule is CC1(C(N)=O)COc2c1cc1c(c2-c2cc3c(cc2F)N(C[C@@H](O)CO)[C@@H](C(C)(C)CO)C3)OC(F)(F)O1. The summed E-state index contributed by atoms with van der Waals surface area (Å²) in [4.78, 5) is 14.0. The van der Waals surface area contributed by atoms with Crippen LogP contribution in [0.25, 0.3) is 11.1 Å². The zero-order valence-corrected chi connectivity index (χ0v) is 21.1. The number of rotatable bonds is 7. The van der Waals surface area contributed by atoms with E-state index < -0.39 is 47.3 Å². The first kappa shape index (κ1) is 26.4. The molecular weight excluding hydrogens is 509 g/mol. The predicted octanol–water partition coefficient (Wildman–Crippen LogP) is 2.05. The molecule has 1 amide bonds. The number of halogens is 3. The third-order valence-corrected chi connectivity index (χ3v) is 7.76. The van der Waals surface area contributed by atoms with Gasteiger partial charge in [-0.05, 0) is 37.1 Å². The molecule has 0 saturated heterocycles. The Labute approximate surface area is 216 Å². The number of aliphatic hydroxyl groups excluding tert-OH is 3. The van der Waals surface area contributed by atoms with Crippen LogP contribution in [0, 0.1) is 11.2 Å². The Morgan fingerprint density at radius 3 is 2.58 bits per heavy atom. The maximum Gasteiger partial charge on any atom is 0.586 e. The van der Waals surface area contributed by atoms with Crippen LogP contribution in [0.4, 0.5) is 18.9 Å². The van der Waals surface area contributed by atoms with E-state index >= 15 is 4.39 Å². The highest BCUT2D eigenvalue weighted by molar-refractivity contribution is 5.93. The van der Waals surface area contributed by atoms with Crippen molar-refractivity contribution >= 4 is 11.6 Å². The molecule has 0 radical (unpaired) electrons. The number of amides is 1. The normalized spacial score (nSPS) is 23.7. The number of nitrogens with zero attached hydrogens (tertiary/aromatic N) is 1. The third-order valence-electron chi connectivity index (χ3n) is 7.76. The van der Waals surface area contributed by atoms with Gasteiger partial charge < -0.3 is 40.2 Å². The van der Waals surface area contributed by atoms with Gasteiger partial charge in [-0.2, -0.15) is 0 Å². The average molecular weight is 539 g/mol. The monoisotopic (exact) mass is 538 g/mol. The van der Waals surface area contributed by atoms with Crippen LogP contribution < -0.4 is 24.8 Å². The number of β-amino-alcohol motifs (C(OH)–C–C–N with tert-alkyl or cyclic N) is 1. The molecule has 206 valence electrons. The van der Waals surface area contributed by atoms with Crippen molar-refractivity contribution in [3.63, 3.8) is 0 Å². The van der Waals surface area contributed by atoms with Gasteiger partial charge >= 0.3 is 6.29 Å². The molecule has 2 aromatic rings. The van der Waals surface area contributed by atoms with Gasteiger partial charge in [-0.25, -0.2) is 4.39 Å². The number of carbonyl (C=O) groups excluding carboxylic acids is 1. The molecule has 0 fully saturated rings. The molecule has 0 aromatic heterocycles. The lowest BCUT2D eigenvalue weighted by Crippen LogP contribution is -2.48. The molecule has 38 heavy (non-hydrogen) atoms. The molecule has 12 heteroatoms. The van der Waals surface area contributed by atoms with E-state index in [1.807, 2.05) is 13.8 Å². The van der Waals surface area contributed by atoms with E-state index in [1.54, 1.807) is 4.90 Å². The number of hydrogen-bond acceptors (Lipinski definition) is 8. The van der Waals surface area contributed by atoms with Gasteiger partial charge in [0.1, 0.15) is 23.6 Å². The van der Waals surface area contributed by atoms with E-state index in [0.29, 0.717) is 17.7 Å². The average Bonchev–Trinajstić information content (AvgIpc) is 3.48. The lowest BCUT2D eigenvalue weighted by atomic mass is 9.81. The summed E-state index contributed by atoms with van der Waals surface area (Å²) in [7, 11) is 0. The van der Waals surface area contributed by atoms with Crippen molar-refractivity contribution in [1.82, 2.24) is 0 Å². The number of hydrogen-bond donors (Lipinski definition) is 4. The molecule has 3 heterocycles. The number of primary amides is 1. The van der Waals surface area contributed by atoms with Crippen LogP contribution in [0.1, 0.15) is 31.9 Å². The van der Waals surface area contributed by atoms with Gasteiger partial charge in [0.15, 0.2) is 11.5 Å². The first-order chi connectivity index (χ1) is 17.7. The second-order valence-electron chi connectivity index (χ2n) is 10.9. The van der Waals surface area contributed by atoms with Crippen LogP contribution in [0.2, 0.25) is 0 Å². The standard InChI is InChI=1S/C26H29F3N2O7/c1-24(2,10-33)19-5-12-4-14(16(27)7-17(12)31(19)8-13(34)9-32)20-21-15(25(3,11-36-21)23(30)35)6-18-22(20)38-26(28,29)37-18/h4,6-7,13,19,32-34H,5,8-11H2,1-3H3,(H2,30,35)/t13-,19-,25?/m1/s1. The Morgan fingerprint density at radius 1 is 1.24 bits per heavy atom. The van der Waals surface area contributed by atoms with Crippen LogP contribution in [0.5, 0.6) is 17.2 Å². The summed E-state index contributed by atoms with van der Waals surface area (Å²) in [6, 6.07) is 3.53. The minimum atomic E-state index is -4.02. The van der Waals surface area contributed by atoms with Crippen LogP contribution >= 0.6 is 0 Å². The van der Waals surface area contributed by atoms with Gasteiger partial charge in [-0.3, -0.25) is 4.79 Å². The number of carbonyl (C=O) groups is 1. The molecule has 0 aliphatic carbocycles. The zero-order chi connectivity index (χ0) is 27.8. The van der Waals surface area contributed by atoms with E-state index in [1.165, 1.54) is 25.1 Å². The maximum atomic E-state index is 15.9. The number of benzene rings is 2. The van der Waals surface area contributed by atoms with Gasteiger partial charge in [-0.1, -0.05) is 13.8 Å². The van der Waals surface area contributed by atoms with Crippen LogP contribution in [-0.2, 0) is 16.6 Å². The smallest absolute Gasteiger partial charge is 0.491 e. The highest BCUT2D eigenvalue weighted by atomic mass is 19.3. The molecule has 3 aliphatic heterocycles. The molecule has 2 aromatic carbocycles. The van der Waals surface area contributed by atoms with Gasteiger partial charge in [0.05, 0.1) is 24.9 Å². The summed E-state index contributed by atoms with van der Waals surface area (Å²) in [6.45, 7) is 4.22. The summed E-state index contributed by atoms with van der Waals surface area (Å²) in [5.41, 5.74) is 4.52. The van der Waals surface area contributed by atoms with Crippen molar-refractivity contribution < 1.29 is 47.5 Å². The lowest BCUT2D eigenvalue weighted by molar-refractivity contribution is -0.286. The number of aliphatic hydroxyl groups is 3. The van der Waals surface area contributed by atoms with Crippen molar-refractivity contribution in [1.29, 1.82) is 0 Å². The first-order valence-corrected chi connectivity index (χ1v) is 12.1. The minimum absolute atomic E-state index is 0.0111. The summed E-state index contributed by atoms with van der Waals surface area (Å²) >= 11 is 0. The Hall–Kier alpha value is -3.22. The molecule has 9 nitrogen and oxygen atoms in total. The van der Waals surface area contributed by atoms with Gasteiger partial charge in [-0.15, -0.1) is 8.78 Å². The Kier molecular flexibility index (Phi) is 6.01. The van der Waals surface area contributed by atoms with Gasteiger partial charge in [0.25, 0.3) is 0 Å². The lowest BCUT2D eigenvalue weighted by Gasteiger charge is -2.39. The number of anilines is 1. The fourth-order valence-corrected chi connectivity index (χ4v) is 5.40. The second-order valence-corrected chi connectivity index (χ2v) is 10.9. The second kappa shape index (κ2) is 8.65. The Bertz CT molecular complexity index is 1320. The summed E-state index contributed by atoms with van der Waals surface area (Å²) in [5, 5.41) is 29.6. The van der Waals surface area contributed by atoms with Crippen LogP contribution in [0.3, 0.4) is 0 Å². The maximum absolute atomic E-state index is 15.9. The molecule has 5 rings (SSSR count). The fourth-order valence-electron chi connectivity index (χ4n) is 5.40. The van der Waals surface area contributed by atoms with E-state index in [2.05, 4.69) is 4.74 Å². The first-order valence-electron chi connectivity index (χ1n) is 12.1. The molecule has 3 aliphatic rings. The van der Waals surface area contributed by atoms with Gasteiger partial charge in [0, 0.05) is 34.8 Å². The third kappa shape index (κ3) is 3.93. The van der Waals surface area contributed by atoms with E-state index in [4.69, 9.17) is 15.2 Å². The molecule has 0 bridgehead atoms. The highest BCUT2D eigenvalue weighted by Crippen LogP contribution is 2.58. The quantitative estimate of drug-likeness (QED) is 0.421. The minimum Gasteiger partial charge on any atom is -0.491 e. The number of nitrogens with two attached hydrogens (primary N) is 1. The fraction of sp³-hybridized carbons (Fsp3) is 0.500. The van der Waals surface area contributed by atoms with Crippen LogP contribution in [0.15, 0.2) is 18.2 Å². The molecule has 0 saturated carbocycles. The van der Waals surface area contributed by atoms with Crippen molar-refractivity contribution in [3.8, 4) is 28.4 Å². The molecule has 3 atom stereocenters. The topological polar surface area (TPSA) is 135 Å². The van der Waals surface area contributed by atoms with Crippen LogP contribution in [-0.4, -0.2) is 66.0 Å². The van der Waals surface area contributed by atoms with Crippen molar-refractivity contribution in [2.45, 2.75) is 51.0 Å². The molecule has 0 spiro atoms. The van der Waals surface area contributed by atoms with Gasteiger partial charge in [0.2, 0.25) is 5.91 Å². The largest absolute Gasteiger partial charge is 0.586 e. The van der Waals surface area contributed by atoms with E-state index in [9.17, 15) is 28.9 Å². The van der Waals surface area contributed by atoms with Crippen molar-refractivity contribution in [2.75, 3.05) is 31.3 Å².